The number of H-pyrrole nitrogens is 1. The van der Waals surface area contributed by atoms with E-state index in [1.165, 1.54) is 11.3 Å². The zero-order valence-corrected chi connectivity index (χ0v) is 13.9. The molecule has 0 bridgehead atoms. The molecule has 3 rings (SSSR count). The maximum atomic E-state index is 13.6. The molecule has 0 aliphatic carbocycles. The van der Waals surface area contributed by atoms with Crippen LogP contribution in [0.25, 0.3) is 10.2 Å². The molecule has 2 aromatic heterocycles. The SMILES string of the molecule is C[C@H](Sc1nc2sccc2c(=O)[nH]1)C(=O)Nc1cc(F)ccc1F. The van der Waals surface area contributed by atoms with Gasteiger partial charge >= 0.3 is 0 Å². The van der Waals surface area contributed by atoms with E-state index < -0.39 is 22.8 Å². The van der Waals surface area contributed by atoms with Gasteiger partial charge in [-0.1, -0.05) is 11.8 Å². The topological polar surface area (TPSA) is 74.8 Å². The smallest absolute Gasteiger partial charge is 0.260 e. The standard InChI is InChI=1S/C15H11F2N3O2S2/c1-7(12(21)18-11-6-8(16)2-3-10(11)17)24-15-19-13(22)9-4-5-23-14(9)20-15/h2-7H,1H3,(H,18,21)(H,19,20,22)/t7-/m0/s1. The van der Waals surface area contributed by atoms with Gasteiger partial charge in [0.2, 0.25) is 5.91 Å². The average molecular weight is 367 g/mol. The highest BCUT2D eigenvalue weighted by Gasteiger charge is 2.18. The van der Waals surface area contributed by atoms with Gasteiger partial charge < -0.3 is 10.3 Å². The van der Waals surface area contributed by atoms with Gasteiger partial charge in [-0.05, 0) is 30.5 Å². The summed E-state index contributed by atoms with van der Waals surface area (Å²) in [6, 6.07) is 4.48. The van der Waals surface area contributed by atoms with Crippen molar-refractivity contribution in [3.8, 4) is 0 Å². The Morgan fingerprint density at radius 3 is 2.96 bits per heavy atom. The van der Waals surface area contributed by atoms with Crippen LogP contribution in [0.5, 0.6) is 0 Å². The summed E-state index contributed by atoms with van der Waals surface area (Å²) in [5.74, 6) is -1.91. The number of anilines is 1. The van der Waals surface area contributed by atoms with E-state index >= 15 is 0 Å². The Kier molecular flexibility index (Phi) is 4.63. The number of halogens is 2. The predicted octanol–water partition coefficient (Wildman–Crippen LogP) is 3.38. The highest BCUT2D eigenvalue weighted by Crippen LogP contribution is 2.24. The van der Waals surface area contributed by atoms with E-state index in [0.717, 1.165) is 30.0 Å². The summed E-state index contributed by atoms with van der Waals surface area (Å²) in [7, 11) is 0. The molecule has 0 radical (unpaired) electrons. The number of fused-ring (bicyclic) bond motifs is 1. The highest BCUT2D eigenvalue weighted by molar-refractivity contribution is 8.00. The number of aromatic amines is 1. The predicted molar refractivity (Wildman–Crippen MR) is 90.5 cm³/mol. The van der Waals surface area contributed by atoms with Gasteiger partial charge in [0, 0.05) is 6.07 Å². The molecule has 3 aromatic rings. The van der Waals surface area contributed by atoms with Crippen molar-refractivity contribution in [1.29, 1.82) is 0 Å². The van der Waals surface area contributed by atoms with Crippen LogP contribution in [-0.2, 0) is 4.79 Å². The zero-order chi connectivity index (χ0) is 17.3. The van der Waals surface area contributed by atoms with Crippen molar-refractivity contribution in [2.45, 2.75) is 17.3 Å². The Hall–Kier alpha value is -2.26. The van der Waals surface area contributed by atoms with Gasteiger partial charge in [0.15, 0.2) is 5.16 Å². The molecule has 1 aromatic carbocycles. The molecule has 24 heavy (non-hydrogen) atoms. The van der Waals surface area contributed by atoms with Gasteiger partial charge in [0.25, 0.3) is 5.56 Å². The van der Waals surface area contributed by atoms with Crippen molar-refractivity contribution >= 4 is 44.9 Å². The molecule has 1 amide bonds. The van der Waals surface area contributed by atoms with Gasteiger partial charge in [-0.15, -0.1) is 11.3 Å². The van der Waals surface area contributed by atoms with Gasteiger partial charge in [-0.2, -0.15) is 0 Å². The van der Waals surface area contributed by atoms with Crippen molar-refractivity contribution in [2.24, 2.45) is 0 Å². The van der Waals surface area contributed by atoms with E-state index in [0.29, 0.717) is 10.2 Å². The monoisotopic (exact) mass is 367 g/mol. The Bertz CT molecular complexity index is 971. The zero-order valence-electron chi connectivity index (χ0n) is 12.3. The molecule has 1 atom stereocenters. The number of benzene rings is 1. The fraction of sp³-hybridized carbons (Fsp3) is 0.133. The molecular weight excluding hydrogens is 356 g/mol. The third-order valence-corrected chi connectivity index (χ3v) is 4.95. The van der Waals surface area contributed by atoms with Crippen LogP contribution in [0.3, 0.4) is 0 Å². The maximum Gasteiger partial charge on any atom is 0.260 e. The number of amides is 1. The molecule has 2 heterocycles. The fourth-order valence-electron chi connectivity index (χ4n) is 1.95. The summed E-state index contributed by atoms with van der Waals surface area (Å²) in [6.45, 7) is 1.58. The lowest BCUT2D eigenvalue weighted by Gasteiger charge is -2.12. The molecule has 0 aliphatic rings. The normalized spacial score (nSPS) is 12.3. The second-order valence-electron chi connectivity index (χ2n) is 4.88. The van der Waals surface area contributed by atoms with Crippen LogP contribution >= 0.6 is 23.1 Å². The average Bonchev–Trinajstić information content (AvgIpc) is 2.99. The lowest BCUT2D eigenvalue weighted by molar-refractivity contribution is -0.115. The van der Waals surface area contributed by atoms with Crippen molar-refractivity contribution in [2.75, 3.05) is 5.32 Å². The Morgan fingerprint density at radius 1 is 1.38 bits per heavy atom. The summed E-state index contributed by atoms with van der Waals surface area (Å²) in [4.78, 5) is 31.5. The molecule has 0 unspecified atom stereocenters. The van der Waals surface area contributed by atoms with E-state index in [4.69, 9.17) is 0 Å². The molecule has 124 valence electrons. The molecule has 5 nitrogen and oxygen atoms in total. The first kappa shape index (κ1) is 16.6. The summed E-state index contributed by atoms with van der Waals surface area (Å²) in [5, 5.41) is 4.19. The third kappa shape index (κ3) is 3.46. The van der Waals surface area contributed by atoms with Crippen molar-refractivity contribution in [3.63, 3.8) is 0 Å². The summed E-state index contributed by atoms with van der Waals surface area (Å²) in [5.41, 5.74) is -0.518. The lowest BCUT2D eigenvalue weighted by atomic mass is 10.3. The van der Waals surface area contributed by atoms with Gasteiger partial charge in [0.05, 0.1) is 16.3 Å². The van der Waals surface area contributed by atoms with Crippen LogP contribution in [0.1, 0.15) is 6.92 Å². The molecular formula is C15H11F2N3O2S2. The van der Waals surface area contributed by atoms with Crippen LogP contribution in [-0.4, -0.2) is 21.1 Å². The number of thiophene rings is 1. The second kappa shape index (κ2) is 6.70. The van der Waals surface area contributed by atoms with Crippen LogP contribution in [0.15, 0.2) is 39.6 Å². The number of aromatic nitrogens is 2. The number of carbonyl (C=O) groups excluding carboxylic acids is 1. The van der Waals surface area contributed by atoms with E-state index in [2.05, 4.69) is 15.3 Å². The van der Waals surface area contributed by atoms with Crippen molar-refractivity contribution in [3.05, 3.63) is 51.6 Å². The molecule has 2 N–H and O–H groups in total. The molecule has 0 saturated heterocycles. The highest BCUT2D eigenvalue weighted by atomic mass is 32.2. The number of hydrogen-bond acceptors (Lipinski definition) is 5. The van der Waals surface area contributed by atoms with Crippen LogP contribution in [0.2, 0.25) is 0 Å². The first-order chi connectivity index (χ1) is 11.4. The number of nitrogens with zero attached hydrogens (tertiary/aromatic N) is 1. The maximum absolute atomic E-state index is 13.6. The Labute approximate surface area is 143 Å². The Morgan fingerprint density at radius 2 is 2.17 bits per heavy atom. The molecule has 0 fully saturated rings. The minimum Gasteiger partial charge on any atom is -0.323 e. The quantitative estimate of drug-likeness (QED) is 0.548. The molecule has 0 aliphatic heterocycles. The van der Waals surface area contributed by atoms with Gasteiger partial charge in [0.1, 0.15) is 16.5 Å². The van der Waals surface area contributed by atoms with Crippen molar-refractivity contribution in [1.82, 2.24) is 9.97 Å². The van der Waals surface area contributed by atoms with E-state index in [1.54, 1.807) is 18.4 Å². The molecule has 9 heteroatoms. The summed E-state index contributed by atoms with van der Waals surface area (Å²) < 4.78 is 26.7. The van der Waals surface area contributed by atoms with Crippen LogP contribution in [0, 0.1) is 11.6 Å². The second-order valence-corrected chi connectivity index (χ2v) is 7.11. The minimum absolute atomic E-state index is 0.234. The molecule has 0 saturated carbocycles. The van der Waals surface area contributed by atoms with Crippen molar-refractivity contribution < 1.29 is 13.6 Å². The largest absolute Gasteiger partial charge is 0.323 e. The lowest BCUT2D eigenvalue weighted by Crippen LogP contribution is -2.23. The van der Waals surface area contributed by atoms with Gasteiger partial charge in [-0.25, -0.2) is 13.8 Å². The first-order valence-corrected chi connectivity index (χ1v) is 8.60. The van der Waals surface area contributed by atoms with Crippen LogP contribution in [0.4, 0.5) is 14.5 Å². The van der Waals surface area contributed by atoms with E-state index in [1.807, 2.05) is 0 Å². The fourth-order valence-corrected chi connectivity index (χ4v) is 3.57. The van der Waals surface area contributed by atoms with Gasteiger partial charge in [-0.3, -0.25) is 9.59 Å². The third-order valence-electron chi connectivity index (χ3n) is 3.16. The first-order valence-electron chi connectivity index (χ1n) is 6.84. The number of carbonyl (C=O) groups is 1. The Balaban J connectivity index is 1.75. The number of thioether (sulfide) groups is 1. The number of nitrogens with one attached hydrogen (secondary N) is 2. The number of hydrogen-bond donors (Lipinski definition) is 2. The van der Waals surface area contributed by atoms with E-state index in [9.17, 15) is 18.4 Å². The minimum atomic E-state index is -0.728. The number of rotatable bonds is 4. The summed E-state index contributed by atoms with van der Waals surface area (Å²) in [6.07, 6.45) is 0. The van der Waals surface area contributed by atoms with E-state index in [-0.39, 0.29) is 16.4 Å². The summed E-state index contributed by atoms with van der Waals surface area (Å²) >= 11 is 2.35. The molecule has 0 spiro atoms. The van der Waals surface area contributed by atoms with Crippen LogP contribution < -0.4 is 10.9 Å².